The van der Waals surface area contributed by atoms with Crippen molar-refractivity contribution in [1.29, 1.82) is 0 Å². The van der Waals surface area contributed by atoms with Crippen molar-refractivity contribution in [2.45, 2.75) is 6.42 Å². The highest BCUT2D eigenvalue weighted by Crippen LogP contribution is 2.25. The first kappa shape index (κ1) is 9.83. The van der Waals surface area contributed by atoms with Crippen molar-refractivity contribution >= 4 is 23.3 Å². The number of carbonyl (C=O) groups is 1. The van der Waals surface area contributed by atoms with E-state index in [1.165, 1.54) is 0 Å². The zero-order chi connectivity index (χ0) is 9.84. The molecule has 0 saturated carbocycles. The van der Waals surface area contributed by atoms with Gasteiger partial charge in [-0.2, -0.15) is 0 Å². The van der Waals surface area contributed by atoms with E-state index in [1.807, 2.05) is 0 Å². The number of hydrazine groups is 1. The molecule has 4 nitrogen and oxygen atoms in total. The number of rotatable bonds is 3. The van der Waals surface area contributed by atoms with Gasteiger partial charge in [0, 0.05) is 0 Å². The Morgan fingerprint density at radius 2 is 2.31 bits per heavy atom. The molecule has 1 aromatic rings. The van der Waals surface area contributed by atoms with Crippen LogP contribution in [0, 0.1) is 0 Å². The van der Waals surface area contributed by atoms with Crippen LogP contribution >= 0.6 is 11.6 Å². The molecule has 13 heavy (non-hydrogen) atoms. The molecule has 0 heterocycles. The highest BCUT2D eigenvalue weighted by atomic mass is 35.5. The summed E-state index contributed by atoms with van der Waals surface area (Å²) in [5.74, 6) is 4.28. The van der Waals surface area contributed by atoms with Crippen molar-refractivity contribution in [2.24, 2.45) is 5.84 Å². The predicted molar refractivity (Wildman–Crippen MR) is 50.6 cm³/mol. The molecule has 0 bridgehead atoms. The van der Waals surface area contributed by atoms with Crippen LogP contribution in [0.1, 0.15) is 5.56 Å². The molecular weight excluding hydrogens is 192 g/mol. The molecule has 70 valence electrons. The Morgan fingerprint density at radius 1 is 1.62 bits per heavy atom. The Morgan fingerprint density at radius 3 is 2.85 bits per heavy atom. The van der Waals surface area contributed by atoms with Crippen LogP contribution in [0.25, 0.3) is 0 Å². The number of para-hydroxylation sites is 1. The summed E-state index contributed by atoms with van der Waals surface area (Å²) in [4.78, 5) is 10.4. The zero-order valence-electron chi connectivity index (χ0n) is 6.75. The van der Waals surface area contributed by atoms with Gasteiger partial charge in [-0.1, -0.05) is 23.7 Å². The molecule has 0 radical (unpaired) electrons. The molecule has 5 heteroatoms. The smallest absolute Gasteiger partial charge is 0.307 e. The number of hydrogen-bond acceptors (Lipinski definition) is 3. The fourth-order valence-corrected chi connectivity index (χ4v) is 1.29. The molecule has 0 spiro atoms. The third-order valence-corrected chi connectivity index (χ3v) is 1.90. The maximum absolute atomic E-state index is 10.4. The van der Waals surface area contributed by atoms with Crippen LogP contribution in [0.2, 0.25) is 5.02 Å². The molecule has 0 aliphatic carbocycles. The Labute approximate surface area is 80.3 Å². The van der Waals surface area contributed by atoms with Gasteiger partial charge in [0.1, 0.15) is 0 Å². The molecule has 0 unspecified atom stereocenters. The quantitative estimate of drug-likeness (QED) is 0.507. The lowest BCUT2D eigenvalue weighted by atomic mass is 10.1. The maximum Gasteiger partial charge on any atom is 0.307 e. The summed E-state index contributed by atoms with van der Waals surface area (Å²) in [6, 6.07) is 4.98. The molecule has 0 atom stereocenters. The Balaban J connectivity index is 3.05. The van der Waals surface area contributed by atoms with E-state index in [9.17, 15) is 4.79 Å². The molecule has 0 amide bonds. The van der Waals surface area contributed by atoms with Gasteiger partial charge in [-0.3, -0.25) is 10.6 Å². The van der Waals surface area contributed by atoms with Gasteiger partial charge in [0.15, 0.2) is 0 Å². The molecule has 0 aromatic heterocycles. The van der Waals surface area contributed by atoms with Crippen LogP contribution in [0.5, 0.6) is 0 Å². The first-order valence-electron chi connectivity index (χ1n) is 3.61. The fraction of sp³-hybridized carbons (Fsp3) is 0.125. The number of carboxylic acids is 1. The van der Waals surface area contributed by atoms with Crippen molar-refractivity contribution in [1.82, 2.24) is 0 Å². The van der Waals surface area contributed by atoms with Crippen LogP contribution in [0.4, 0.5) is 5.69 Å². The van der Waals surface area contributed by atoms with Crippen LogP contribution in [-0.4, -0.2) is 11.1 Å². The number of benzene rings is 1. The minimum atomic E-state index is -0.918. The van der Waals surface area contributed by atoms with Gasteiger partial charge in [0.2, 0.25) is 0 Å². The van der Waals surface area contributed by atoms with E-state index in [-0.39, 0.29) is 6.42 Å². The topological polar surface area (TPSA) is 75.3 Å². The minimum Gasteiger partial charge on any atom is -0.481 e. The monoisotopic (exact) mass is 200 g/mol. The molecular formula is C8H9ClN2O2. The minimum absolute atomic E-state index is 0.0971. The predicted octanol–water partition coefficient (Wildman–Crippen LogP) is 1.25. The largest absolute Gasteiger partial charge is 0.481 e. The highest BCUT2D eigenvalue weighted by Gasteiger charge is 2.08. The number of halogens is 1. The standard InChI is InChI=1S/C8H9ClN2O2/c9-6-3-1-2-5(4-7(12)13)8(6)11-10/h1-3,11H,4,10H2,(H,12,13). The average Bonchev–Trinajstić information content (AvgIpc) is 2.03. The molecule has 0 saturated heterocycles. The third-order valence-electron chi connectivity index (χ3n) is 1.59. The number of nitrogen functional groups attached to an aromatic ring is 1. The van der Waals surface area contributed by atoms with E-state index in [0.29, 0.717) is 16.3 Å². The summed E-state index contributed by atoms with van der Waals surface area (Å²) in [5.41, 5.74) is 3.41. The number of nitrogens with one attached hydrogen (secondary N) is 1. The van der Waals surface area contributed by atoms with Gasteiger partial charge in [0.05, 0.1) is 17.1 Å². The van der Waals surface area contributed by atoms with Crippen LogP contribution in [0.3, 0.4) is 0 Å². The van der Waals surface area contributed by atoms with E-state index in [0.717, 1.165) is 0 Å². The summed E-state index contributed by atoms with van der Waals surface area (Å²) < 4.78 is 0. The van der Waals surface area contributed by atoms with Crippen molar-refractivity contribution < 1.29 is 9.90 Å². The van der Waals surface area contributed by atoms with E-state index in [4.69, 9.17) is 22.6 Å². The van der Waals surface area contributed by atoms with Crippen molar-refractivity contribution in [3.8, 4) is 0 Å². The lowest BCUT2D eigenvalue weighted by molar-refractivity contribution is -0.136. The molecule has 0 aliphatic heterocycles. The third kappa shape index (κ3) is 2.34. The molecule has 4 N–H and O–H groups in total. The van der Waals surface area contributed by atoms with E-state index in [1.54, 1.807) is 18.2 Å². The molecule has 0 aliphatic rings. The van der Waals surface area contributed by atoms with Gasteiger partial charge < -0.3 is 10.5 Å². The number of hydrogen-bond donors (Lipinski definition) is 3. The van der Waals surface area contributed by atoms with Crippen LogP contribution in [-0.2, 0) is 11.2 Å². The van der Waals surface area contributed by atoms with Gasteiger partial charge in [-0.05, 0) is 11.6 Å². The Bertz CT molecular complexity index is 328. The van der Waals surface area contributed by atoms with Crippen molar-refractivity contribution in [3.05, 3.63) is 28.8 Å². The number of nitrogens with two attached hydrogens (primary N) is 1. The van der Waals surface area contributed by atoms with E-state index in [2.05, 4.69) is 5.43 Å². The van der Waals surface area contributed by atoms with E-state index >= 15 is 0 Å². The second-order valence-corrected chi connectivity index (χ2v) is 2.90. The first-order chi connectivity index (χ1) is 6.15. The second kappa shape index (κ2) is 4.11. The van der Waals surface area contributed by atoms with Gasteiger partial charge in [-0.25, -0.2) is 0 Å². The summed E-state index contributed by atoms with van der Waals surface area (Å²) >= 11 is 5.78. The molecule has 1 aromatic carbocycles. The lowest BCUT2D eigenvalue weighted by Gasteiger charge is -2.07. The van der Waals surface area contributed by atoms with Gasteiger partial charge in [-0.15, -0.1) is 0 Å². The summed E-state index contributed by atoms with van der Waals surface area (Å²) in [6.45, 7) is 0. The second-order valence-electron chi connectivity index (χ2n) is 2.49. The number of aliphatic carboxylic acids is 1. The first-order valence-corrected chi connectivity index (χ1v) is 3.98. The maximum atomic E-state index is 10.4. The SMILES string of the molecule is NNc1c(Cl)cccc1CC(=O)O. The van der Waals surface area contributed by atoms with Gasteiger partial charge in [0.25, 0.3) is 0 Å². The van der Waals surface area contributed by atoms with Crippen molar-refractivity contribution in [3.63, 3.8) is 0 Å². The van der Waals surface area contributed by atoms with Crippen LogP contribution in [0.15, 0.2) is 18.2 Å². The number of anilines is 1. The summed E-state index contributed by atoms with van der Waals surface area (Å²) in [6.07, 6.45) is -0.0971. The summed E-state index contributed by atoms with van der Waals surface area (Å²) in [7, 11) is 0. The Kier molecular flexibility index (Phi) is 3.11. The van der Waals surface area contributed by atoms with Crippen LogP contribution < -0.4 is 11.3 Å². The fourth-order valence-electron chi connectivity index (χ4n) is 1.04. The number of carboxylic acid groups (broad SMARTS) is 1. The van der Waals surface area contributed by atoms with E-state index < -0.39 is 5.97 Å². The highest BCUT2D eigenvalue weighted by molar-refractivity contribution is 6.33. The average molecular weight is 201 g/mol. The van der Waals surface area contributed by atoms with Crippen molar-refractivity contribution in [2.75, 3.05) is 5.43 Å². The summed E-state index contributed by atoms with van der Waals surface area (Å²) in [5, 5.41) is 8.98. The van der Waals surface area contributed by atoms with Gasteiger partial charge >= 0.3 is 5.97 Å². The molecule has 0 fully saturated rings. The lowest BCUT2D eigenvalue weighted by Crippen LogP contribution is -2.11. The molecule has 1 rings (SSSR count). The normalized spacial score (nSPS) is 9.69. The Hall–Kier alpha value is -1.26. The zero-order valence-corrected chi connectivity index (χ0v) is 7.51.